The number of fused-ring (bicyclic) bond motifs is 5. The summed E-state index contributed by atoms with van der Waals surface area (Å²) in [5, 5.41) is 21.0. The summed E-state index contributed by atoms with van der Waals surface area (Å²) in [5.41, 5.74) is 13.5. The maximum absolute atomic E-state index is 9.93. The molecule has 0 saturated heterocycles. The third-order valence-electron chi connectivity index (χ3n) is 12.3. The summed E-state index contributed by atoms with van der Waals surface area (Å²) in [6.07, 6.45) is 15.4. The minimum atomic E-state index is 0. The number of nitrogens with one attached hydrogen (secondary N) is 3. The van der Waals surface area contributed by atoms with E-state index in [4.69, 9.17) is 11.5 Å². The summed E-state index contributed by atoms with van der Waals surface area (Å²) in [4.78, 5) is 0. The average molecular weight is 716 g/mol. The normalized spacial score (nSPS) is 36.6. The van der Waals surface area contributed by atoms with Crippen molar-refractivity contribution >= 4 is 62.0 Å². The van der Waals surface area contributed by atoms with E-state index < -0.39 is 0 Å². The molecule has 10 atom stereocenters. The zero-order valence-corrected chi connectivity index (χ0v) is 31.3. The number of hydrogen-bond donors (Lipinski definition) is 6. The van der Waals surface area contributed by atoms with Crippen molar-refractivity contribution in [2.24, 2.45) is 57.8 Å². The first-order valence-electron chi connectivity index (χ1n) is 16.6. The van der Waals surface area contributed by atoms with Gasteiger partial charge in [-0.15, -0.1) is 62.0 Å². The molecule has 0 aromatic heterocycles. The largest absolute Gasteiger partial charge is 0.396 e. The molecule has 4 aliphatic rings. The molecule has 4 rings (SSSR count). The van der Waals surface area contributed by atoms with Crippen LogP contribution < -0.4 is 27.4 Å². The van der Waals surface area contributed by atoms with Gasteiger partial charge in [0.15, 0.2) is 0 Å². The van der Waals surface area contributed by atoms with E-state index in [0.29, 0.717) is 47.3 Å². The lowest BCUT2D eigenvalue weighted by atomic mass is 9.43. The molecule has 8 N–H and O–H groups in total. The molecular weight excluding hydrogens is 648 g/mol. The number of unbranched alkanes of at least 4 members (excludes halogenated alkanes) is 1. The Morgan fingerprint density at radius 3 is 1.95 bits per heavy atom. The van der Waals surface area contributed by atoms with Gasteiger partial charge in [0.1, 0.15) is 0 Å². The van der Waals surface area contributed by atoms with Gasteiger partial charge in [0.25, 0.3) is 0 Å². The highest BCUT2D eigenvalue weighted by molar-refractivity contribution is 5.86. The van der Waals surface area contributed by atoms with Crippen LogP contribution >= 0.6 is 62.0 Å². The molecule has 0 amide bonds. The van der Waals surface area contributed by atoms with E-state index in [0.717, 1.165) is 63.4 Å². The molecule has 0 aliphatic heterocycles. The van der Waals surface area contributed by atoms with Crippen LogP contribution in [-0.4, -0.2) is 63.1 Å². The van der Waals surface area contributed by atoms with Crippen molar-refractivity contribution in [1.29, 1.82) is 0 Å². The first-order chi connectivity index (χ1) is 18.3. The highest BCUT2D eigenvalue weighted by Crippen LogP contribution is 2.67. The van der Waals surface area contributed by atoms with Crippen LogP contribution in [0.25, 0.3) is 0 Å². The molecule has 0 heterocycles. The van der Waals surface area contributed by atoms with Crippen molar-refractivity contribution in [2.75, 3.05) is 45.9 Å². The summed E-state index contributed by atoms with van der Waals surface area (Å²) in [6.45, 7) is 14.2. The SMILES string of the molecule is C[C@H](CO)[C@H]1CC[C@H]2[C@@H]3[C@H](N)C[C@H]4C[C@H](NCCCNCCCCNCCCN)CC[C@]4(C)[C@H]3CC[C@]12C.Cl.Cl.Cl.Cl.Cl. The summed E-state index contributed by atoms with van der Waals surface area (Å²) < 4.78 is 0. The zero-order chi connectivity index (χ0) is 27.2. The van der Waals surface area contributed by atoms with Crippen LogP contribution in [0.15, 0.2) is 0 Å². The van der Waals surface area contributed by atoms with E-state index in [1.807, 2.05) is 0 Å². The van der Waals surface area contributed by atoms with Crippen molar-refractivity contribution in [3.05, 3.63) is 0 Å². The number of nitrogens with two attached hydrogens (primary N) is 2. The van der Waals surface area contributed by atoms with Crippen LogP contribution in [0, 0.1) is 46.3 Å². The smallest absolute Gasteiger partial charge is 0.0459 e. The molecule has 0 spiro atoms. The number of aliphatic hydroxyl groups is 1. The van der Waals surface area contributed by atoms with Crippen molar-refractivity contribution in [1.82, 2.24) is 16.0 Å². The van der Waals surface area contributed by atoms with Crippen LogP contribution in [0.5, 0.6) is 0 Å². The third kappa shape index (κ3) is 10.9. The van der Waals surface area contributed by atoms with E-state index in [1.165, 1.54) is 70.6 Å². The Morgan fingerprint density at radius 1 is 0.744 bits per heavy atom. The highest BCUT2D eigenvalue weighted by atomic mass is 35.5. The van der Waals surface area contributed by atoms with Crippen molar-refractivity contribution in [2.45, 2.75) is 110 Å². The lowest BCUT2D eigenvalue weighted by Gasteiger charge is -2.63. The Morgan fingerprint density at radius 2 is 1.33 bits per heavy atom. The molecule has 4 aliphatic carbocycles. The molecule has 0 bridgehead atoms. The quantitative estimate of drug-likeness (QED) is 0.117. The first kappa shape index (κ1) is 46.3. The Kier molecular flexibility index (Phi) is 23.7. The molecule has 11 heteroatoms. The highest BCUT2D eigenvalue weighted by Gasteiger charge is 2.62. The molecule has 0 aromatic rings. The van der Waals surface area contributed by atoms with Gasteiger partial charge in [-0.3, -0.25) is 0 Å². The molecular formula is C32H68Cl5N5O. The van der Waals surface area contributed by atoms with Gasteiger partial charge in [-0.2, -0.15) is 0 Å². The zero-order valence-electron chi connectivity index (χ0n) is 27.2. The van der Waals surface area contributed by atoms with Gasteiger partial charge in [0.05, 0.1) is 0 Å². The van der Waals surface area contributed by atoms with Gasteiger partial charge in [-0.05, 0) is 163 Å². The second kappa shape index (κ2) is 22.0. The lowest BCUT2D eigenvalue weighted by molar-refractivity contribution is -0.127. The molecule has 4 fully saturated rings. The predicted molar refractivity (Wildman–Crippen MR) is 196 cm³/mol. The average Bonchev–Trinajstić information content (AvgIpc) is 3.26. The fourth-order valence-corrected chi connectivity index (χ4v) is 10.1. The Bertz CT molecular complexity index is 730. The fourth-order valence-electron chi connectivity index (χ4n) is 10.1. The standard InChI is InChI=1S/C32H63N5O.5ClH/c1-23(22-38)26-8-9-27-30-28(11-13-32(26,27)3)31(2)12-10-25(20-24(31)21-29(30)34)37-19-7-18-36-16-5-4-15-35-17-6-14-33;;;;;/h23-30,35-38H,4-22,33-34H2,1-3H3;5*1H/t23-,24-,25-,26-,27+,28+,29-,30+,31+,32-;;;;;/m1...../s1. The summed E-state index contributed by atoms with van der Waals surface area (Å²) in [5.74, 6) is 4.15. The van der Waals surface area contributed by atoms with E-state index in [9.17, 15) is 5.11 Å². The van der Waals surface area contributed by atoms with Gasteiger partial charge in [0, 0.05) is 18.7 Å². The summed E-state index contributed by atoms with van der Waals surface area (Å²) >= 11 is 0. The Labute approximate surface area is 295 Å². The van der Waals surface area contributed by atoms with Gasteiger partial charge < -0.3 is 32.5 Å². The fraction of sp³-hybridized carbons (Fsp3) is 1.00. The monoisotopic (exact) mass is 713 g/mol. The third-order valence-corrected chi connectivity index (χ3v) is 12.3. The predicted octanol–water partition coefficient (Wildman–Crippen LogP) is 5.98. The molecule has 0 unspecified atom stereocenters. The van der Waals surface area contributed by atoms with Crippen LogP contribution in [0.3, 0.4) is 0 Å². The molecule has 0 radical (unpaired) electrons. The van der Waals surface area contributed by atoms with Crippen LogP contribution in [-0.2, 0) is 0 Å². The number of aliphatic hydroxyl groups excluding tert-OH is 1. The van der Waals surface area contributed by atoms with Crippen molar-refractivity contribution < 1.29 is 5.11 Å². The molecule has 4 saturated carbocycles. The summed E-state index contributed by atoms with van der Waals surface area (Å²) in [7, 11) is 0. The van der Waals surface area contributed by atoms with Crippen LogP contribution in [0.2, 0.25) is 0 Å². The van der Waals surface area contributed by atoms with Crippen molar-refractivity contribution in [3.8, 4) is 0 Å². The Hall–Kier alpha value is 1.21. The van der Waals surface area contributed by atoms with Crippen molar-refractivity contribution in [3.63, 3.8) is 0 Å². The number of rotatable bonds is 15. The van der Waals surface area contributed by atoms with E-state index >= 15 is 0 Å². The van der Waals surface area contributed by atoms with Crippen LogP contribution in [0.4, 0.5) is 0 Å². The van der Waals surface area contributed by atoms with Crippen LogP contribution in [0.1, 0.15) is 97.8 Å². The second-order valence-corrected chi connectivity index (χ2v) is 14.4. The molecule has 6 nitrogen and oxygen atoms in total. The molecule has 0 aromatic carbocycles. The number of hydrogen-bond acceptors (Lipinski definition) is 6. The van der Waals surface area contributed by atoms with E-state index in [2.05, 4.69) is 36.7 Å². The van der Waals surface area contributed by atoms with Gasteiger partial charge in [-0.25, -0.2) is 0 Å². The lowest BCUT2D eigenvalue weighted by Crippen LogP contribution is -2.61. The van der Waals surface area contributed by atoms with E-state index in [-0.39, 0.29) is 62.0 Å². The second-order valence-electron chi connectivity index (χ2n) is 14.4. The van der Waals surface area contributed by atoms with E-state index in [1.54, 1.807) is 0 Å². The summed E-state index contributed by atoms with van der Waals surface area (Å²) in [6, 6.07) is 1.04. The topological polar surface area (TPSA) is 108 Å². The molecule has 262 valence electrons. The number of halogens is 5. The minimum absolute atomic E-state index is 0. The molecule has 43 heavy (non-hydrogen) atoms. The van der Waals surface area contributed by atoms with Gasteiger partial charge in [-0.1, -0.05) is 20.8 Å². The maximum atomic E-state index is 9.93. The van der Waals surface area contributed by atoms with Gasteiger partial charge in [0.2, 0.25) is 0 Å². The Balaban J connectivity index is 0. The van der Waals surface area contributed by atoms with Gasteiger partial charge >= 0.3 is 0 Å². The first-order valence-corrected chi connectivity index (χ1v) is 16.6. The minimum Gasteiger partial charge on any atom is -0.396 e. The maximum Gasteiger partial charge on any atom is 0.0459 e.